The van der Waals surface area contributed by atoms with Gasteiger partial charge < -0.3 is 5.32 Å². The van der Waals surface area contributed by atoms with Crippen LogP contribution < -0.4 is 5.32 Å². The second-order valence-corrected chi connectivity index (χ2v) is 4.80. The van der Waals surface area contributed by atoms with Crippen LogP contribution in [0.3, 0.4) is 0 Å². The first-order chi connectivity index (χ1) is 7.25. The highest BCUT2D eigenvalue weighted by Gasteiger charge is 2.18. The Hall–Kier alpha value is -0.830. The van der Waals surface area contributed by atoms with Crippen LogP contribution in [0.5, 0.6) is 0 Å². The number of nitrogens with one attached hydrogen (secondary N) is 1. The van der Waals surface area contributed by atoms with Gasteiger partial charge in [0.15, 0.2) is 0 Å². The summed E-state index contributed by atoms with van der Waals surface area (Å²) in [5.74, 6) is 0.891. The predicted octanol–water partition coefficient (Wildman–Crippen LogP) is 2.09. The molecular formula is C12H21N3. The molecule has 0 aromatic carbocycles. The van der Waals surface area contributed by atoms with Crippen molar-refractivity contribution in [3.63, 3.8) is 0 Å². The van der Waals surface area contributed by atoms with Crippen molar-refractivity contribution in [3.05, 3.63) is 18.0 Å². The SMILES string of the molecule is CC1CCCC(NCc2ccnn2C)C1. The summed E-state index contributed by atoms with van der Waals surface area (Å²) >= 11 is 0. The van der Waals surface area contributed by atoms with Crippen LogP contribution in [-0.4, -0.2) is 15.8 Å². The van der Waals surface area contributed by atoms with E-state index in [0.29, 0.717) is 6.04 Å². The van der Waals surface area contributed by atoms with E-state index in [1.807, 2.05) is 17.9 Å². The second-order valence-electron chi connectivity index (χ2n) is 4.80. The van der Waals surface area contributed by atoms with Gasteiger partial charge in [0, 0.05) is 25.8 Å². The van der Waals surface area contributed by atoms with E-state index in [2.05, 4.69) is 23.4 Å². The topological polar surface area (TPSA) is 29.9 Å². The lowest BCUT2D eigenvalue weighted by Crippen LogP contribution is -2.33. The van der Waals surface area contributed by atoms with E-state index in [0.717, 1.165) is 12.5 Å². The van der Waals surface area contributed by atoms with Gasteiger partial charge >= 0.3 is 0 Å². The highest BCUT2D eigenvalue weighted by Crippen LogP contribution is 2.23. The monoisotopic (exact) mass is 207 g/mol. The van der Waals surface area contributed by atoms with Crippen molar-refractivity contribution < 1.29 is 0 Å². The zero-order valence-electron chi connectivity index (χ0n) is 9.74. The molecule has 3 heteroatoms. The van der Waals surface area contributed by atoms with Crippen molar-refractivity contribution in [2.75, 3.05) is 0 Å². The molecule has 1 aromatic heterocycles. The van der Waals surface area contributed by atoms with Gasteiger partial charge in [0.25, 0.3) is 0 Å². The number of aromatic nitrogens is 2. The van der Waals surface area contributed by atoms with Crippen LogP contribution >= 0.6 is 0 Å². The maximum Gasteiger partial charge on any atom is 0.0518 e. The van der Waals surface area contributed by atoms with Gasteiger partial charge in [-0.25, -0.2) is 0 Å². The molecule has 1 fully saturated rings. The third-order valence-corrected chi connectivity index (χ3v) is 3.43. The minimum absolute atomic E-state index is 0.712. The van der Waals surface area contributed by atoms with Crippen LogP contribution in [0.25, 0.3) is 0 Å². The molecule has 1 N–H and O–H groups in total. The van der Waals surface area contributed by atoms with Crippen molar-refractivity contribution >= 4 is 0 Å². The maximum atomic E-state index is 4.17. The molecule has 1 saturated carbocycles. The maximum absolute atomic E-state index is 4.17. The summed E-state index contributed by atoms with van der Waals surface area (Å²) in [5, 5.41) is 7.81. The highest BCUT2D eigenvalue weighted by molar-refractivity contribution is 4.99. The average Bonchev–Trinajstić information content (AvgIpc) is 2.61. The molecule has 3 nitrogen and oxygen atoms in total. The smallest absolute Gasteiger partial charge is 0.0518 e. The summed E-state index contributed by atoms with van der Waals surface area (Å²) in [6.07, 6.45) is 7.31. The second kappa shape index (κ2) is 4.79. The first-order valence-electron chi connectivity index (χ1n) is 5.96. The molecule has 0 spiro atoms. The fourth-order valence-electron chi connectivity index (χ4n) is 2.44. The molecule has 0 bridgehead atoms. The van der Waals surface area contributed by atoms with Gasteiger partial charge in [-0.2, -0.15) is 5.10 Å². The number of hydrogen-bond acceptors (Lipinski definition) is 2. The zero-order chi connectivity index (χ0) is 10.7. The van der Waals surface area contributed by atoms with Gasteiger partial charge in [-0.15, -0.1) is 0 Å². The lowest BCUT2D eigenvalue weighted by atomic mass is 9.87. The van der Waals surface area contributed by atoms with Crippen LogP contribution in [0, 0.1) is 5.92 Å². The number of nitrogens with zero attached hydrogens (tertiary/aromatic N) is 2. The molecule has 84 valence electrons. The molecule has 0 amide bonds. The summed E-state index contributed by atoms with van der Waals surface area (Å²) in [6.45, 7) is 3.31. The molecule has 2 atom stereocenters. The van der Waals surface area contributed by atoms with E-state index in [1.165, 1.54) is 31.4 Å². The lowest BCUT2D eigenvalue weighted by Gasteiger charge is -2.27. The zero-order valence-corrected chi connectivity index (χ0v) is 9.74. The third-order valence-electron chi connectivity index (χ3n) is 3.43. The van der Waals surface area contributed by atoms with Gasteiger partial charge in [-0.1, -0.05) is 19.8 Å². The van der Waals surface area contributed by atoms with E-state index < -0.39 is 0 Å². The quantitative estimate of drug-likeness (QED) is 0.822. The molecule has 0 saturated heterocycles. The van der Waals surface area contributed by atoms with Crippen LogP contribution in [-0.2, 0) is 13.6 Å². The van der Waals surface area contributed by atoms with Crippen LogP contribution in [0.4, 0.5) is 0 Å². The molecule has 2 unspecified atom stereocenters. The van der Waals surface area contributed by atoms with Gasteiger partial charge in [0.2, 0.25) is 0 Å². The van der Waals surface area contributed by atoms with E-state index in [9.17, 15) is 0 Å². The van der Waals surface area contributed by atoms with Crippen LogP contribution in [0.1, 0.15) is 38.3 Å². The fraction of sp³-hybridized carbons (Fsp3) is 0.750. The Kier molecular flexibility index (Phi) is 3.41. The molecule has 1 heterocycles. The van der Waals surface area contributed by atoms with Crippen molar-refractivity contribution in [2.45, 2.75) is 45.2 Å². The summed E-state index contributed by atoms with van der Waals surface area (Å²) in [5.41, 5.74) is 1.27. The summed E-state index contributed by atoms with van der Waals surface area (Å²) in [4.78, 5) is 0. The predicted molar refractivity (Wildman–Crippen MR) is 61.5 cm³/mol. The van der Waals surface area contributed by atoms with Gasteiger partial charge in [0.1, 0.15) is 0 Å². The minimum Gasteiger partial charge on any atom is -0.308 e. The normalized spacial score (nSPS) is 26.8. The van der Waals surface area contributed by atoms with Crippen molar-refractivity contribution in [1.82, 2.24) is 15.1 Å². The van der Waals surface area contributed by atoms with E-state index in [1.54, 1.807) is 0 Å². The lowest BCUT2D eigenvalue weighted by molar-refractivity contribution is 0.299. The Balaban J connectivity index is 1.80. The van der Waals surface area contributed by atoms with Gasteiger partial charge in [-0.05, 0) is 24.8 Å². The Morgan fingerprint density at radius 2 is 2.40 bits per heavy atom. The van der Waals surface area contributed by atoms with Crippen molar-refractivity contribution in [2.24, 2.45) is 13.0 Å². The highest BCUT2D eigenvalue weighted by atomic mass is 15.3. The Morgan fingerprint density at radius 3 is 3.07 bits per heavy atom. The molecule has 15 heavy (non-hydrogen) atoms. The molecule has 0 aliphatic heterocycles. The standard InChI is InChI=1S/C12H21N3/c1-10-4-3-5-11(8-10)13-9-12-6-7-14-15(12)2/h6-7,10-11,13H,3-5,8-9H2,1-2H3. The van der Waals surface area contributed by atoms with Crippen molar-refractivity contribution in [1.29, 1.82) is 0 Å². The Bertz CT molecular complexity index is 306. The Morgan fingerprint density at radius 1 is 1.53 bits per heavy atom. The largest absolute Gasteiger partial charge is 0.308 e. The average molecular weight is 207 g/mol. The van der Waals surface area contributed by atoms with Crippen LogP contribution in [0.15, 0.2) is 12.3 Å². The minimum atomic E-state index is 0.712. The molecular weight excluding hydrogens is 186 g/mol. The molecule has 0 radical (unpaired) electrons. The third kappa shape index (κ3) is 2.81. The molecule has 1 aliphatic carbocycles. The summed E-state index contributed by atoms with van der Waals surface area (Å²) < 4.78 is 1.94. The van der Waals surface area contributed by atoms with Crippen LogP contribution in [0.2, 0.25) is 0 Å². The molecule has 1 aliphatic rings. The Labute approximate surface area is 91.9 Å². The van der Waals surface area contributed by atoms with Gasteiger partial charge in [-0.3, -0.25) is 4.68 Å². The van der Waals surface area contributed by atoms with Crippen molar-refractivity contribution in [3.8, 4) is 0 Å². The van der Waals surface area contributed by atoms with E-state index in [4.69, 9.17) is 0 Å². The number of hydrogen-bond donors (Lipinski definition) is 1. The van der Waals surface area contributed by atoms with Gasteiger partial charge in [0.05, 0.1) is 5.69 Å². The summed E-state index contributed by atoms with van der Waals surface area (Å²) in [6, 6.07) is 2.79. The number of rotatable bonds is 3. The molecule has 1 aromatic rings. The first kappa shape index (κ1) is 10.7. The number of aryl methyl sites for hydroxylation is 1. The molecule has 2 rings (SSSR count). The van der Waals surface area contributed by atoms with E-state index >= 15 is 0 Å². The fourth-order valence-corrected chi connectivity index (χ4v) is 2.44. The first-order valence-corrected chi connectivity index (χ1v) is 5.96. The van der Waals surface area contributed by atoms with E-state index in [-0.39, 0.29) is 0 Å². The summed E-state index contributed by atoms with van der Waals surface area (Å²) in [7, 11) is 2.00.